The van der Waals surface area contributed by atoms with Crippen molar-refractivity contribution in [2.24, 2.45) is 5.73 Å². The van der Waals surface area contributed by atoms with Crippen LogP contribution in [0.1, 0.15) is 19.8 Å². The Balaban J connectivity index is 3.74. The van der Waals surface area contributed by atoms with E-state index in [0.29, 0.717) is 12.8 Å². The van der Waals surface area contributed by atoms with Crippen molar-refractivity contribution in [2.75, 3.05) is 14.1 Å². The summed E-state index contributed by atoms with van der Waals surface area (Å²) < 4.78 is 0. The summed E-state index contributed by atoms with van der Waals surface area (Å²) in [4.78, 5) is 23.3. The SMILES string of the molecule is CC(=O)[C@@H](N)CC/C=C/C(=O)N(C)C. The van der Waals surface area contributed by atoms with Gasteiger partial charge in [-0.25, -0.2) is 0 Å². The summed E-state index contributed by atoms with van der Waals surface area (Å²) in [5, 5.41) is 0. The van der Waals surface area contributed by atoms with Crippen molar-refractivity contribution in [3.63, 3.8) is 0 Å². The van der Waals surface area contributed by atoms with E-state index in [9.17, 15) is 9.59 Å². The predicted octanol–water partition coefficient (Wildman–Crippen LogP) is 0.327. The van der Waals surface area contributed by atoms with E-state index in [-0.39, 0.29) is 11.7 Å². The Morgan fingerprint density at radius 1 is 1.43 bits per heavy atom. The maximum absolute atomic E-state index is 11.1. The van der Waals surface area contributed by atoms with Gasteiger partial charge in [-0.3, -0.25) is 9.59 Å². The lowest BCUT2D eigenvalue weighted by Gasteiger charge is -2.06. The van der Waals surface area contributed by atoms with Gasteiger partial charge in [0.05, 0.1) is 6.04 Å². The van der Waals surface area contributed by atoms with Gasteiger partial charge in [-0.05, 0) is 25.8 Å². The van der Waals surface area contributed by atoms with E-state index < -0.39 is 6.04 Å². The number of nitrogens with two attached hydrogens (primary N) is 1. The summed E-state index contributed by atoms with van der Waals surface area (Å²) in [7, 11) is 3.38. The fourth-order valence-corrected chi connectivity index (χ4v) is 0.812. The second-order valence-electron chi connectivity index (χ2n) is 3.43. The third-order valence-corrected chi connectivity index (χ3v) is 1.87. The highest BCUT2D eigenvalue weighted by atomic mass is 16.2. The summed E-state index contributed by atoms with van der Waals surface area (Å²) in [6.45, 7) is 1.47. The maximum atomic E-state index is 11.1. The molecule has 14 heavy (non-hydrogen) atoms. The molecule has 80 valence electrons. The van der Waals surface area contributed by atoms with Crippen molar-refractivity contribution in [1.82, 2.24) is 4.90 Å². The van der Waals surface area contributed by atoms with Crippen LogP contribution in [-0.2, 0) is 9.59 Å². The number of Topliss-reactive ketones (excluding diaryl/α,β-unsaturated/α-hetero) is 1. The Morgan fingerprint density at radius 2 is 2.00 bits per heavy atom. The van der Waals surface area contributed by atoms with Gasteiger partial charge >= 0.3 is 0 Å². The van der Waals surface area contributed by atoms with Crippen LogP contribution >= 0.6 is 0 Å². The molecule has 0 fully saturated rings. The minimum absolute atomic E-state index is 0.0164. The van der Waals surface area contributed by atoms with Gasteiger partial charge in [0.25, 0.3) is 0 Å². The molecule has 0 aromatic carbocycles. The molecule has 0 aromatic rings. The first-order valence-corrected chi connectivity index (χ1v) is 4.59. The Labute approximate surface area is 84.8 Å². The van der Waals surface area contributed by atoms with Crippen LogP contribution in [0.2, 0.25) is 0 Å². The molecule has 1 atom stereocenters. The molecule has 4 heteroatoms. The molecular formula is C10H18N2O2. The molecule has 0 radical (unpaired) electrons. The summed E-state index contributed by atoms with van der Waals surface area (Å²) >= 11 is 0. The number of rotatable bonds is 5. The number of nitrogens with zero attached hydrogens (tertiary/aromatic N) is 1. The molecule has 0 aromatic heterocycles. The quantitative estimate of drug-likeness (QED) is 0.647. The van der Waals surface area contributed by atoms with E-state index in [1.165, 1.54) is 17.9 Å². The summed E-state index contributed by atoms with van der Waals surface area (Å²) in [5.74, 6) is -0.0706. The zero-order chi connectivity index (χ0) is 11.1. The van der Waals surface area contributed by atoms with Gasteiger partial charge < -0.3 is 10.6 Å². The number of carbonyl (C=O) groups excluding carboxylic acids is 2. The van der Waals surface area contributed by atoms with Gasteiger partial charge in [0, 0.05) is 14.1 Å². The van der Waals surface area contributed by atoms with Crippen molar-refractivity contribution >= 4 is 11.7 Å². The minimum atomic E-state index is -0.408. The number of amides is 1. The van der Waals surface area contributed by atoms with Crippen LogP contribution in [0.25, 0.3) is 0 Å². The van der Waals surface area contributed by atoms with Crippen LogP contribution in [-0.4, -0.2) is 36.7 Å². The van der Waals surface area contributed by atoms with Gasteiger partial charge in [0.1, 0.15) is 5.78 Å². The summed E-state index contributed by atoms with van der Waals surface area (Å²) in [5.41, 5.74) is 5.51. The van der Waals surface area contributed by atoms with Gasteiger partial charge in [0.2, 0.25) is 5.91 Å². The molecule has 1 amide bonds. The van der Waals surface area contributed by atoms with E-state index in [0.717, 1.165) is 0 Å². The van der Waals surface area contributed by atoms with Crippen LogP contribution in [0.5, 0.6) is 0 Å². The average molecular weight is 198 g/mol. The Kier molecular flexibility index (Phi) is 5.79. The van der Waals surface area contributed by atoms with Crippen molar-refractivity contribution in [3.05, 3.63) is 12.2 Å². The molecule has 0 unspecified atom stereocenters. The molecule has 0 aliphatic rings. The second kappa shape index (κ2) is 6.32. The van der Waals surface area contributed by atoms with Crippen LogP contribution in [0, 0.1) is 0 Å². The maximum Gasteiger partial charge on any atom is 0.245 e. The summed E-state index contributed by atoms with van der Waals surface area (Å²) in [6, 6.07) is -0.408. The second-order valence-corrected chi connectivity index (χ2v) is 3.43. The van der Waals surface area contributed by atoms with Gasteiger partial charge in [-0.1, -0.05) is 6.08 Å². The average Bonchev–Trinajstić information content (AvgIpc) is 2.11. The smallest absolute Gasteiger partial charge is 0.245 e. The number of allylic oxidation sites excluding steroid dienone is 1. The third-order valence-electron chi connectivity index (χ3n) is 1.87. The van der Waals surface area contributed by atoms with E-state index in [4.69, 9.17) is 5.73 Å². The molecule has 0 saturated carbocycles. The van der Waals surface area contributed by atoms with Gasteiger partial charge in [-0.2, -0.15) is 0 Å². The zero-order valence-electron chi connectivity index (χ0n) is 8.99. The molecule has 0 heterocycles. The Hall–Kier alpha value is -1.16. The fourth-order valence-electron chi connectivity index (χ4n) is 0.812. The van der Waals surface area contributed by atoms with Crippen LogP contribution in [0.4, 0.5) is 0 Å². The number of hydrogen-bond donors (Lipinski definition) is 1. The molecule has 0 rings (SSSR count). The first kappa shape index (κ1) is 12.8. The van der Waals surface area contributed by atoms with E-state index in [1.807, 2.05) is 0 Å². The highest BCUT2D eigenvalue weighted by molar-refractivity contribution is 5.87. The normalized spacial score (nSPS) is 12.9. The Morgan fingerprint density at radius 3 is 2.43 bits per heavy atom. The summed E-state index contributed by atoms with van der Waals surface area (Å²) in [6.07, 6.45) is 4.48. The highest BCUT2D eigenvalue weighted by Gasteiger charge is 2.05. The third kappa shape index (κ3) is 5.48. The lowest BCUT2D eigenvalue weighted by molar-refractivity contribution is -0.123. The van der Waals surface area contributed by atoms with Gasteiger partial charge in [-0.15, -0.1) is 0 Å². The van der Waals surface area contributed by atoms with Crippen molar-refractivity contribution in [1.29, 1.82) is 0 Å². The van der Waals surface area contributed by atoms with Crippen molar-refractivity contribution in [2.45, 2.75) is 25.8 Å². The van der Waals surface area contributed by atoms with E-state index >= 15 is 0 Å². The molecule has 4 nitrogen and oxygen atoms in total. The topological polar surface area (TPSA) is 63.4 Å². The molecule has 0 bridgehead atoms. The first-order chi connectivity index (χ1) is 6.45. The fraction of sp³-hybridized carbons (Fsp3) is 0.600. The minimum Gasteiger partial charge on any atom is -0.345 e. The van der Waals surface area contributed by atoms with Crippen molar-refractivity contribution in [3.8, 4) is 0 Å². The van der Waals surface area contributed by atoms with Crippen molar-refractivity contribution < 1.29 is 9.59 Å². The largest absolute Gasteiger partial charge is 0.345 e. The number of hydrogen-bond acceptors (Lipinski definition) is 3. The predicted molar refractivity (Wildman–Crippen MR) is 55.7 cm³/mol. The van der Waals surface area contributed by atoms with E-state index in [2.05, 4.69) is 0 Å². The molecule has 0 saturated heterocycles. The Bertz CT molecular complexity index is 234. The number of likely N-dealkylation sites (N-methyl/N-ethyl adjacent to an activating group) is 1. The van der Waals surface area contributed by atoms with Gasteiger partial charge in [0.15, 0.2) is 0 Å². The monoisotopic (exact) mass is 198 g/mol. The van der Waals surface area contributed by atoms with Crippen LogP contribution < -0.4 is 5.73 Å². The highest BCUT2D eigenvalue weighted by Crippen LogP contribution is 1.97. The van der Waals surface area contributed by atoms with Crippen LogP contribution in [0.3, 0.4) is 0 Å². The van der Waals surface area contributed by atoms with E-state index in [1.54, 1.807) is 20.2 Å². The first-order valence-electron chi connectivity index (χ1n) is 4.59. The number of ketones is 1. The van der Waals surface area contributed by atoms with Crippen LogP contribution in [0.15, 0.2) is 12.2 Å². The molecule has 0 aliphatic carbocycles. The number of carbonyl (C=O) groups is 2. The standard InChI is InChI=1S/C10H18N2O2/c1-8(13)9(11)6-4-5-7-10(14)12(2)3/h5,7,9H,4,6,11H2,1-3H3/b7-5+/t9-/m0/s1. The molecule has 0 aliphatic heterocycles. The molecule has 2 N–H and O–H groups in total. The zero-order valence-corrected chi connectivity index (χ0v) is 8.99. The lowest BCUT2D eigenvalue weighted by atomic mass is 10.1. The molecular weight excluding hydrogens is 180 g/mol. The molecule has 0 spiro atoms. The lowest BCUT2D eigenvalue weighted by Crippen LogP contribution is -2.27.